The molecule has 2 rings (SSSR count). The summed E-state index contributed by atoms with van der Waals surface area (Å²) in [4.78, 5) is 4.65. The van der Waals surface area contributed by atoms with E-state index >= 15 is 0 Å². The number of oxazole rings is 1. The van der Waals surface area contributed by atoms with Gasteiger partial charge in [0.1, 0.15) is 5.52 Å². The monoisotopic (exact) mass is 232 g/mol. The number of hydrogen-bond donors (Lipinski definition) is 1. The van der Waals surface area contributed by atoms with Gasteiger partial charge in [0.25, 0.3) is 0 Å². The Hall–Kier alpha value is -1.35. The van der Waals surface area contributed by atoms with E-state index < -0.39 is 0 Å². The van der Waals surface area contributed by atoms with E-state index in [2.05, 4.69) is 31.8 Å². The number of fused-ring (bicyclic) bond motifs is 1. The van der Waals surface area contributed by atoms with Crippen LogP contribution < -0.4 is 5.73 Å². The molecule has 0 unspecified atom stereocenters. The molecule has 0 atom stereocenters. The summed E-state index contributed by atoms with van der Waals surface area (Å²) in [7, 11) is 0. The Balaban J connectivity index is 2.59. The maximum atomic E-state index is 5.92. The minimum absolute atomic E-state index is 0.120. The van der Waals surface area contributed by atoms with Crippen LogP contribution >= 0.6 is 0 Å². The van der Waals surface area contributed by atoms with Crippen molar-refractivity contribution in [1.29, 1.82) is 0 Å². The maximum absolute atomic E-state index is 5.92. The fourth-order valence-electron chi connectivity index (χ4n) is 2.24. The van der Waals surface area contributed by atoms with Crippen molar-refractivity contribution in [2.75, 3.05) is 6.54 Å². The van der Waals surface area contributed by atoms with E-state index in [4.69, 9.17) is 10.2 Å². The number of rotatable bonds is 4. The maximum Gasteiger partial charge on any atom is 0.202 e. The summed E-state index contributed by atoms with van der Waals surface area (Å²) in [6, 6.07) is 6.01. The third-order valence-corrected chi connectivity index (χ3v) is 3.82. The zero-order valence-electron chi connectivity index (χ0n) is 10.8. The van der Waals surface area contributed by atoms with Crippen molar-refractivity contribution in [2.45, 2.75) is 39.0 Å². The van der Waals surface area contributed by atoms with Crippen molar-refractivity contribution >= 4 is 11.1 Å². The molecule has 1 aromatic carbocycles. The van der Waals surface area contributed by atoms with Crippen LogP contribution in [0.15, 0.2) is 22.6 Å². The predicted molar refractivity (Wildman–Crippen MR) is 70.1 cm³/mol. The summed E-state index contributed by atoms with van der Waals surface area (Å²) >= 11 is 0. The van der Waals surface area contributed by atoms with Crippen LogP contribution in [0.25, 0.3) is 11.1 Å². The summed E-state index contributed by atoms with van der Waals surface area (Å²) < 4.78 is 5.90. The highest BCUT2D eigenvalue weighted by Crippen LogP contribution is 2.32. The number of aromatic nitrogens is 1. The molecule has 0 saturated carbocycles. The van der Waals surface area contributed by atoms with Crippen LogP contribution in [0.5, 0.6) is 0 Å². The Morgan fingerprint density at radius 2 is 2.00 bits per heavy atom. The van der Waals surface area contributed by atoms with Crippen LogP contribution in [0.2, 0.25) is 0 Å². The molecule has 3 nitrogen and oxygen atoms in total. The van der Waals surface area contributed by atoms with Crippen LogP contribution in [0.1, 0.15) is 38.1 Å². The Morgan fingerprint density at radius 3 is 2.53 bits per heavy atom. The zero-order chi connectivity index (χ0) is 12.5. The van der Waals surface area contributed by atoms with Crippen molar-refractivity contribution in [3.05, 3.63) is 29.7 Å². The molecule has 0 bridgehead atoms. The van der Waals surface area contributed by atoms with Crippen LogP contribution in [0.4, 0.5) is 0 Å². The number of nitrogens with two attached hydrogens (primary N) is 1. The Labute approximate surface area is 102 Å². The molecule has 0 spiro atoms. The van der Waals surface area contributed by atoms with Gasteiger partial charge in [-0.1, -0.05) is 26.0 Å². The number of benzene rings is 1. The van der Waals surface area contributed by atoms with Crippen LogP contribution in [-0.2, 0) is 5.41 Å². The lowest BCUT2D eigenvalue weighted by atomic mass is 9.82. The van der Waals surface area contributed by atoms with E-state index in [-0.39, 0.29) is 5.41 Å². The van der Waals surface area contributed by atoms with Crippen LogP contribution in [0.3, 0.4) is 0 Å². The number of nitrogens with zero attached hydrogens (tertiary/aromatic N) is 1. The molecular formula is C14H20N2O. The fourth-order valence-corrected chi connectivity index (χ4v) is 2.24. The second-order valence-electron chi connectivity index (χ2n) is 4.63. The van der Waals surface area contributed by atoms with E-state index in [0.29, 0.717) is 6.54 Å². The molecule has 0 amide bonds. The smallest absolute Gasteiger partial charge is 0.202 e. The molecule has 92 valence electrons. The zero-order valence-corrected chi connectivity index (χ0v) is 10.8. The van der Waals surface area contributed by atoms with Crippen LogP contribution in [0, 0.1) is 6.92 Å². The Kier molecular flexibility index (Phi) is 3.20. The van der Waals surface area contributed by atoms with E-state index in [1.54, 1.807) is 0 Å². The van der Waals surface area contributed by atoms with Gasteiger partial charge in [-0.3, -0.25) is 0 Å². The van der Waals surface area contributed by atoms with E-state index in [0.717, 1.165) is 35.4 Å². The highest BCUT2D eigenvalue weighted by Gasteiger charge is 2.32. The number of para-hydroxylation sites is 1. The highest BCUT2D eigenvalue weighted by molar-refractivity contribution is 5.76. The average Bonchev–Trinajstić information content (AvgIpc) is 2.78. The first-order chi connectivity index (χ1) is 8.16. The summed E-state index contributed by atoms with van der Waals surface area (Å²) in [6.07, 6.45) is 1.90. The summed E-state index contributed by atoms with van der Waals surface area (Å²) in [6.45, 7) is 6.90. The van der Waals surface area contributed by atoms with Crippen molar-refractivity contribution in [3.8, 4) is 0 Å². The molecule has 1 aromatic heterocycles. The third-order valence-electron chi connectivity index (χ3n) is 3.82. The molecule has 0 aliphatic rings. The van der Waals surface area contributed by atoms with Gasteiger partial charge in [0, 0.05) is 6.54 Å². The van der Waals surface area contributed by atoms with Gasteiger partial charge in [-0.25, -0.2) is 4.98 Å². The molecule has 0 aliphatic heterocycles. The normalized spacial score (nSPS) is 12.2. The second-order valence-corrected chi connectivity index (χ2v) is 4.63. The molecule has 2 N–H and O–H groups in total. The molecule has 0 fully saturated rings. The topological polar surface area (TPSA) is 52.0 Å². The Bertz CT molecular complexity index is 504. The van der Waals surface area contributed by atoms with Gasteiger partial charge < -0.3 is 10.2 Å². The van der Waals surface area contributed by atoms with E-state index in [1.807, 2.05) is 12.1 Å². The molecule has 0 saturated heterocycles. The summed E-state index contributed by atoms with van der Waals surface area (Å²) in [5.41, 5.74) is 8.77. The first kappa shape index (κ1) is 12.1. The van der Waals surface area contributed by atoms with Gasteiger partial charge in [0.2, 0.25) is 5.89 Å². The molecular weight excluding hydrogens is 212 g/mol. The lowest BCUT2D eigenvalue weighted by Gasteiger charge is -2.25. The SMILES string of the molecule is CCC(CC)(CN)c1nc2c(C)cccc2o1. The average molecular weight is 232 g/mol. The van der Waals surface area contributed by atoms with E-state index in [1.165, 1.54) is 0 Å². The van der Waals surface area contributed by atoms with Crippen LogP contribution in [-0.4, -0.2) is 11.5 Å². The lowest BCUT2D eigenvalue weighted by molar-refractivity contribution is 0.316. The van der Waals surface area contributed by atoms with Crippen molar-refractivity contribution < 1.29 is 4.42 Å². The van der Waals surface area contributed by atoms with Crippen molar-refractivity contribution in [3.63, 3.8) is 0 Å². The Morgan fingerprint density at radius 1 is 1.29 bits per heavy atom. The quantitative estimate of drug-likeness (QED) is 0.881. The van der Waals surface area contributed by atoms with Gasteiger partial charge in [0.15, 0.2) is 5.58 Å². The molecule has 0 aliphatic carbocycles. The molecule has 2 aromatic rings. The van der Waals surface area contributed by atoms with Gasteiger partial charge in [-0.2, -0.15) is 0 Å². The largest absolute Gasteiger partial charge is 0.440 e. The second kappa shape index (κ2) is 4.49. The minimum atomic E-state index is -0.120. The van der Waals surface area contributed by atoms with E-state index in [9.17, 15) is 0 Å². The van der Waals surface area contributed by atoms with Gasteiger partial charge >= 0.3 is 0 Å². The third kappa shape index (κ3) is 1.84. The summed E-state index contributed by atoms with van der Waals surface area (Å²) in [5.74, 6) is 0.786. The lowest BCUT2D eigenvalue weighted by Crippen LogP contribution is -2.34. The van der Waals surface area contributed by atoms with Gasteiger partial charge in [0.05, 0.1) is 5.41 Å². The highest BCUT2D eigenvalue weighted by atomic mass is 16.3. The van der Waals surface area contributed by atoms with Gasteiger partial charge in [-0.15, -0.1) is 0 Å². The molecule has 0 radical (unpaired) electrons. The molecule has 3 heteroatoms. The number of hydrogen-bond acceptors (Lipinski definition) is 3. The molecule has 1 heterocycles. The first-order valence-corrected chi connectivity index (χ1v) is 6.23. The molecule has 17 heavy (non-hydrogen) atoms. The fraction of sp³-hybridized carbons (Fsp3) is 0.500. The predicted octanol–water partition coefficient (Wildman–Crippen LogP) is 3.15. The summed E-state index contributed by atoms with van der Waals surface area (Å²) in [5, 5.41) is 0. The first-order valence-electron chi connectivity index (χ1n) is 6.23. The van der Waals surface area contributed by atoms with Gasteiger partial charge in [-0.05, 0) is 31.4 Å². The minimum Gasteiger partial charge on any atom is -0.440 e. The van der Waals surface area contributed by atoms with Crippen molar-refractivity contribution in [2.24, 2.45) is 5.73 Å². The number of aryl methyl sites for hydroxylation is 1. The van der Waals surface area contributed by atoms with Crippen molar-refractivity contribution in [1.82, 2.24) is 4.98 Å². The standard InChI is InChI=1S/C14H20N2O/c1-4-14(5-2,9-15)13-16-12-10(3)7-6-8-11(12)17-13/h6-8H,4-5,9,15H2,1-3H3.